The van der Waals surface area contributed by atoms with E-state index in [4.69, 9.17) is 4.74 Å². The molecule has 1 heterocycles. The molecule has 1 fully saturated rings. The first-order valence-corrected chi connectivity index (χ1v) is 17.2. The van der Waals surface area contributed by atoms with E-state index in [2.05, 4.69) is 13.5 Å². The maximum absolute atomic E-state index is 12.6. The molecule has 1 saturated heterocycles. The molecule has 38 heavy (non-hydrogen) atoms. The van der Waals surface area contributed by atoms with Crippen LogP contribution in [0.3, 0.4) is 0 Å². The SMILES string of the molecule is C=C(C)C(=O)OC(CCCCCCCCCC)[N+]1(CCCS(=O)(=O)[O-])CC[N+](C)(CCCS(=O)(=O)[O-])CC1. The van der Waals surface area contributed by atoms with E-state index in [0.29, 0.717) is 60.2 Å². The third kappa shape index (κ3) is 14.4. The molecule has 12 heteroatoms. The van der Waals surface area contributed by atoms with Gasteiger partial charge in [-0.05, 0) is 13.3 Å². The number of quaternary nitrogens is 2. The lowest BCUT2D eigenvalue weighted by Crippen LogP contribution is -2.69. The second-order valence-corrected chi connectivity index (χ2v) is 14.4. The van der Waals surface area contributed by atoms with Gasteiger partial charge in [0.25, 0.3) is 0 Å². The number of likely N-dealkylation sites (N-methyl/N-ethyl adjacent to an activating group) is 1. The van der Waals surface area contributed by atoms with Gasteiger partial charge in [-0.25, -0.2) is 21.6 Å². The Hall–Kier alpha value is -1.05. The van der Waals surface area contributed by atoms with Gasteiger partial charge in [-0.15, -0.1) is 0 Å². The van der Waals surface area contributed by atoms with Crippen molar-refractivity contribution in [1.29, 1.82) is 0 Å². The van der Waals surface area contributed by atoms with Crippen LogP contribution in [0.2, 0.25) is 0 Å². The van der Waals surface area contributed by atoms with Crippen LogP contribution in [0.25, 0.3) is 0 Å². The monoisotopic (exact) mass is 582 g/mol. The van der Waals surface area contributed by atoms with Crippen molar-refractivity contribution in [2.75, 3.05) is 57.8 Å². The fraction of sp³-hybridized carbons (Fsp3) is 0.885. The van der Waals surface area contributed by atoms with Gasteiger partial charge in [-0.1, -0.05) is 58.4 Å². The minimum Gasteiger partial charge on any atom is -0.748 e. The number of carbonyl (C=O) groups excluding carboxylic acids is 1. The Labute approximate surface area is 231 Å². The molecule has 0 N–H and O–H groups in total. The molecular weight excluding hydrogens is 532 g/mol. The summed E-state index contributed by atoms with van der Waals surface area (Å²) in [7, 11) is -6.63. The largest absolute Gasteiger partial charge is 0.748 e. The summed E-state index contributed by atoms with van der Waals surface area (Å²) < 4.78 is 74.0. The Balaban J connectivity index is 2.97. The molecule has 0 aromatic heterocycles. The van der Waals surface area contributed by atoms with Gasteiger partial charge in [0.1, 0.15) is 26.2 Å². The number of carbonyl (C=O) groups is 1. The molecule has 0 aromatic carbocycles. The molecule has 0 bridgehead atoms. The molecule has 1 aliphatic rings. The maximum Gasteiger partial charge on any atom is 0.337 e. The van der Waals surface area contributed by atoms with Gasteiger partial charge in [0.2, 0.25) is 6.23 Å². The van der Waals surface area contributed by atoms with Crippen molar-refractivity contribution < 1.29 is 44.4 Å². The smallest absolute Gasteiger partial charge is 0.337 e. The van der Waals surface area contributed by atoms with Crippen molar-refractivity contribution in [3.63, 3.8) is 0 Å². The topological polar surface area (TPSA) is 141 Å². The van der Waals surface area contributed by atoms with Crippen LogP contribution < -0.4 is 0 Å². The molecule has 0 radical (unpaired) electrons. The van der Waals surface area contributed by atoms with Crippen LogP contribution in [0.15, 0.2) is 12.2 Å². The highest BCUT2D eigenvalue weighted by Gasteiger charge is 2.46. The lowest BCUT2D eigenvalue weighted by Gasteiger charge is -2.51. The Morgan fingerprint density at radius 2 is 1.29 bits per heavy atom. The third-order valence-corrected chi connectivity index (χ3v) is 9.34. The first kappa shape index (κ1) is 35.0. The minimum atomic E-state index is -4.37. The van der Waals surface area contributed by atoms with E-state index < -0.39 is 43.9 Å². The van der Waals surface area contributed by atoms with Crippen LogP contribution in [0.5, 0.6) is 0 Å². The Kier molecular flexibility index (Phi) is 15.0. The number of esters is 1. The summed E-state index contributed by atoms with van der Waals surface area (Å²) in [5, 5.41) is 0. The lowest BCUT2D eigenvalue weighted by molar-refractivity contribution is -1.04. The number of ether oxygens (including phenoxy) is 1. The fourth-order valence-electron chi connectivity index (χ4n) is 5.28. The van der Waals surface area contributed by atoms with Gasteiger partial charge in [0.15, 0.2) is 0 Å². The zero-order valence-corrected chi connectivity index (χ0v) is 25.3. The van der Waals surface area contributed by atoms with Crippen molar-refractivity contribution in [2.45, 2.75) is 90.7 Å². The molecule has 1 aliphatic heterocycles. The van der Waals surface area contributed by atoms with Crippen LogP contribution in [0.1, 0.15) is 84.5 Å². The van der Waals surface area contributed by atoms with Gasteiger partial charge < -0.3 is 18.3 Å². The third-order valence-electron chi connectivity index (χ3n) is 7.77. The number of nitrogens with zero attached hydrogens (tertiary/aromatic N) is 2. The molecule has 0 aliphatic carbocycles. The van der Waals surface area contributed by atoms with E-state index in [1.165, 1.54) is 32.1 Å². The van der Waals surface area contributed by atoms with Crippen LogP contribution in [-0.4, -0.2) is 105 Å². The van der Waals surface area contributed by atoms with E-state index in [1.54, 1.807) is 6.92 Å². The van der Waals surface area contributed by atoms with Gasteiger partial charge in [-0.2, -0.15) is 0 Å². The number of piperazine rings is 1. The average molecular weight is 583 g/mol. The maximum atomic E-state index is 12.6. The van der Waals surface area contributed by atoms with E-state index >= 15 is 0 Å². The first-order chi connectivity index (χ1) is 17.6. The standard InChI is InChI=1S/C26H50N2O8S2/c1-5-6-7-8-9-10-11-12-15-25(36-26(29)24(2)3)28(17-14-23-38(33,34)35)20-18-27(4,19-21-28)16-13-22-37(30,31)32/h25H,2,5-23H2,1,3-4H3. The number of hydrogen-bond acceptors (Lipinski definition) is 8. The van der Waals surface area contributed by atoms with Crippen LogP contribution in [-0.2, 0) is 29.8 Å². The Morgan fingerprint density at radius 3 is 1.76 bits per heavy atom. The molecule has 1 atom stereocenters. The summed E-state index contributed by atoms with van der Waals surface area (Å²) in [4.78, 5) is 12.6. The zero-order chi connectivity index (χ0) is 28.9. The highest BCUT2D eigenvalue weighted by molar-refractivity contribution is 7.85. The molecule has 1 unspecified atom stereocenters. The quantitative estimate of drug-likeness (QED) is 0.0701. The molecule has 0 amide bonds. The van der Waals surface area contributed by atoms with E-state index in [-0.39, 0.29) is 12.8 Å². The van der Waals surface area contributed by atoms with Crippen molar-refractivity contribution in [2.24, 2.45) is 0 Å². The van der Waals surface area contributed by atoms with Crippen LogP contribution in [0, 0.1) is 0 Å². The number of rotatable bonds is 20. The van der Waals surface area contributed by atoms with Crippen LogP contribution in [0.4, 0.5) is 0 Å². The number of unbranched alkanes of at least 4 members (excludes halogenated alkanes) is 7. The summed E-state index contributed by atoms with van der Waals surface area (Å²) >= 11 is 0. The summed E-state index contributed by atoms with van der Waals surface area (Å²) in [6.07, 6.45) is 9.68. The minimum absolute atomic E-state index is 0.169. The molecule has 224 valence electrons. The van der Waals surface area contributed by atoms with Crippen molar-refractivity contribution >= 4 is 26.2 Å². The normalized spacial score (nSPS) is 23.2. The summed E-state index contributed by atoms with van der Waals surface area (Å²) in [5.74, 6) is -1.36. The van der Waals surface area contributed by atoms with Gasteiger partial charge >= 0.3 is 5.97 Å². The van der Waals surface area contributed by atoms with Gasteiger partial charge in [-0.3, -0.25) is 4.48 Å². The summed E-state index contributed by atoms with van der Waals surface area (Å²) in [6, 6.07) is 0. The van der Waals surface area contributed by atoms with Crippen molar-refractivity contribution in [3.05, 3.63) is 12.2 Å². The van der Waals surface area contributed by atoms with E-state index in [1.807, 2.05) is 7.05 Å². The molecule has 1 rings (SSSR count). The highest BCUT2D eigenvalue weighted by Crippen LogP contribution is 2.28. The Morgan fingerprint density at radius 1 is 0.816 bits per heavy atom. The second-order valence-electron chi connectivity index (χ2n) is 11.3. The zero-order valence-electron chi connectivity index (χ0n) is 23.7. The predicted molar refractivity (Wildman–Crippen MR) is 146 cm³/mol. The summed E-state index contributed by atoms with van der Waals surface area (Å²) in [5.41, 5.74) is 0.294. The van der Waals surface area contributed by atoms with Gasteiger partial charge in [0.05, 0.1) is 40.4 Å². The molecule has 0 spiro atoms. The second kappa shape index (κ2) is 16.3. The molecule has 0 aromatic rings. The molecular formula is C26H50N2O8S2. The first-order valence-electron chi connectivity index (χ1n) is 14.0. The van der Waals surface area contributed by atoms with Crippen LogP contribution >= 0.6 is 0 Å². The predicted octanol–water partition coefficient (Wildman–Crippen LogP) is 3.11. The summed E-state index contributed by atoms with van der Waals surface area (Å²) in [6.45, 7) is 10.9. The molecule has 10 nitrogen and oxygen atoms in total. The van der Waals surface area contributed by atoms with E-state index in [0.717, 1.165) is 19.3 Å². The Bertz CT molecular complexity index is 942. The van der Waals surface area contributed by atoms with E-state index in [9.17, 15) is 30.7 Å². The van der Waals surface area contributed by atoms with Crippen molar-refractivity contribution in [1.82, 2.24) is 0 Å². The van der Waals surface area contributed by atoms with Gasteiger partial charge in [0, 0.05) is 36.3 Å². The average Bonchev–Trinajstić information content (AvgIpc) is 2.79. The number of hydrogen-bond donors (Lipinski definition) is 0. The molecule has 0 saturated carbocycles. The highest BCUT2D eigenvalue weighted by atomic mass is 32.2. The lowest BCUT2D eigenvalue weighted by atomic mass is 10.0. The fourth-order valence-corrected chi connectivity index (χ4v) is 6.25. The van der Waals surface area contributed by atoms with Crippen molar-refractivity contribution in [3.8, 4) is 0 Å².